The molecule has 18 heavy (non-hydrogen) atoms. The van der Waals surface area contributed by atoms with Gasteiger partial charge >= 0.3 is 0 Å². The van der Waals surface area contributed by atoms with Crippen molar-refractivity contribution < 1.29 is 14.3 Å². The second kappa shape index (κ2) is 5.18. The van der Waals surface area contributed by atoms with Crippen LogP contribution in [0.5, 0.6) is 0 Å². The van der Waals surface area contributed by atoms with Crippen molar-refractivity contribution >= 4 is 17.0 Å². The molecular formula is C13H16N2O3. The first-order valence-electron chi connectivity index (χ1n) is 5.81. The Morgan fingerprint density at radius 3 is 3.00 bits per heavy atom. The summed E-state index contributed by atoms with van der Waals surface area (Å²) in [6.45, 7) is 2.18. The number of amides is 1. The number of carbonyl (C=O) groups excluding carboxylic acids is 1. The van der Waals surface area contributed by atoms with Gasteiger partial charge in [0.2, 0.25) is 5.91 Å². The molecule has 0 fully saturated rings. The molecule has 2 aromatic rings. The molecule has 2 rings (SSSR count). The van der Waals surface area contributed by atoms with Crippen molar-refractivity contribution in [2.24, 2.45) is 0 Å². The van der Waals surface area contributed by atoms with E-state index in [9.17, 15) is 4.79 Å². The van der Waals surface area contributed by atoms with Gasteiger partial charge in [-0.3, -0.25) is 4.79 Å². The first kappa shape index (κ1) is 12.6. The molecule has 0 radical (unpaired) electrons. The molecule has 0 atom stereocenters. The number of hydrogen-bond donors (Lipinski definition) is 1. The SMILES string of the molecule is Cc1nc2cc(CN(C)C(=O)CCO)ccc2o1. The Kier molecular flexibility index (Phi) is 3.62. The summed E-state index contributed by atoms with van der Waals surface area (Å²) in [5.41, 5.74) is 2.54. The first-order chi connectivity index (χ1) is 8.60. The summed E-state index contributed by atoms with van der Waals surface area (Å²) < 4.78 is 5.39. The highest BCUT2D eigenvalue weighted by atomic mass is 16.3. The molecule has 1 aromatic heterocycles. The van der Waals surface area contributed by atoms with E-state index in [1.165, 1.54) is 0 Å². The number of aromatic nitrogens is 1. The molecule has 0 bridgehead atoms. The smallest absolute Gasteiger partial charge is 0.224 e. The van der Waals surface area contributed by atoms with Crippen LogP contribution >= 0.6 is 0 Å². The molecule has 1 heterocycles. The summed E-state index contributed by atoms with van der Waals surface area (Å²) in [5, 5.41) is 8.73. The van der Waals surface area contributed by atoms with Crippen LogP contribution in [0.3, 0.4) is 0 Å². The zero-order chi connectivity index (χ0) is 13.1. The van der Waals surface area contributed by atoms with Crippen LogP contribution in [0.2, 0.25) is 0 Å². The average Bonchev–Trinajstić information content (AvgIpc) is 2.68. The van der Waals surface area contributed by atoms with Gasteiger partial charge in [0.1, 0.15) is 5.52 Å². The van der Waals surface area contributed by atoms with Crippen LogP contribution < -0.4 is 0 Å². The van der Waals surface area contributed by atoms with Crippen molar-refractivity contribution in [2.45, 2.75) is 19.9 Å². The van der Waals surface area contributed by atoms with Gasteiger partial charge in [-0.25, -0.2) is 4.98 Å². The number of benzene rings is 1. The third kappa shape index (κ3) is 2.68. The molecule has 5 heteroatoms. The van der Waals surface area contributed by atoms with E-state index in [2.05, 4.69) is 4.98 Å². The van der Waals surface area contributed by atoms with E-state index in [1.807, 2.05) is 18.2 Å². The van der Waals surface area contributed by atoms with Crippen LogP contribution in [-0.2, 0) is 11.3 Å². The van der Waals surface area contributed by atoms with E-state index in [4.69, 9.17) is 9.52 Å². The minimum absolute atomic E-state index is 0.0751. The number of fused-ring (bicyclic) bond motifs is 1. The minimum Gasteiger partial charge on any atom is -0.441 e. The molecule has 5 nitrogen and oxygen atoms in total. The third-order valence-electron chi connectivity index (χ3n) is 2.73. The van der Waals surface area contributed by atoms with Gasteiger partial charge in [-0.05, 0) is 17.7 Å². The highest BCUT2D eigenvalue weighted by molar-refractivity contribution is 5.76. The maximum atomic E-state index is 11.5. The fourth-order valence-corrected chi connectivity index (χ4v) is 1.84. The fraction of sp³-hybridized carbons (Fsp3) is 0.385. The van der Waals surface area contributed by atoms with Crippen LogP contribution in [-0.4, -0.2) is 34.6 Å². The van der Waals surface area contributed by atoms with Gasteiger partial charge in [0.25, 0.3) is 0 Å². The first-order valence-corrected chi connectivity index (χ1v) is 5.81. The van der Waals surface area contributed by atoms with Crippen LogP contribution in [0.25, 0.3) is 11.1 Å². The summed E-state index contributed by atoms with van der Waals surface area (Å²) in [6.07, 6.45) is 0.155. The summed E-state index contributed by atoms with van der Waals surface area (Å²) in [7, 11) is 1.72. The predicted octanol–water partition coefficient (Wildman–Crippen LogP) is 1.48. The van der Waals surface area contributed by atoms with E-state index >= 15 is 0 Å². The molecule has 0 aliphatic rings. The molecule has 0 unspecified atom stereocenters. The zero-order valence-electron chi connectivity index (χ0n) is 10.5. The molecule has 0 aliphatic heterocycles. The Bertz CT molecular complexity index is 562. The molecule has 0 spiro atoms. The maximum Gasteiger partial charge on any atom is 0.224 e. The largest absolute Gasteiger partial charge is 0.441 e. The van der Waals surface area contributed by atoms with E-state index in [1.54, 1.807) is 18.9 Å². The number of aryl methyl sites for hydroxylation is 1. The lowest BCUT2D eigenvalue weighted by atomic mass is 10.2. The standard InChI is InChI=1S/C13H16N2O3/c1-9-14-11-7-10(3-4-12(11)18-9)8-15(2)13(17)5-6-16/h3-4,7,16H,5-6,8H2,1-2H3. The van der Waals surface area contributed by atoms with Crippen LogP contribution in [0.15, 0.2) is 22.6 Å². The lowest BCUT2D eigenvalue weighted by Gasteiger charge is -2.16. The number of carbonyl (C=O) groups is 1. The second-order valence-corrected chi connectivity index (χ2v) is 4.26. The lowest BCUT2D eigenvalue weighted by Crippen LogP contribution is -2.26. The summed E-state index contributed by atoms with van der Waals surface area (Å²) in [4.78, 5) is 17.4. The highest BCUT2D eigenvalue weighted by Crippen LogP contribution is 2.17. The Morgan fingerprint density at radius 1 is 1.50 bits per heavy atom. The molecule has 1 N–H and O–H groups in total. The van der Waals surface area contributed by atoms with Crippen molar-refractivity contribution in [1.29, 1.82) is 0 Å². The van der Waals surface area contributed by atoms with Crippen LogP contribution in [0.1, 0.15) is 17.9 Å². The topological polar surface area (TPSA) is 66.6 Å². The zero-order valence-corrected chi connectivity index (χ0v) is 10.5. The van der Waals surface area contributed by atoms with Crippen LogP contribution in [0.4, 0.5) is 0 Å². The number of hydrogen-bond acceptors (Lipinski definition) is 4. The Balaban J connectivity index is 2.13. The van der Waals surface area contributed by atoms with E-state index in [0.29, 0.717) is 12.4 Å². The van der Waals surface area contributed by atoms with E-state index < -0.39 is 0 Å². The number of nitrogens with zero attached hydrogens (tertiary/aromatic N) is 2. The Labute approximate surface area is 105 Å². The van der Waals surface area contributed by atoms with Crippen molar-refractivity contribution in [1.82, 2.24) is 9.88 Å². The van der Waals surface area contributed by atoms with Crippen LogP contribution in [0, 0.1) is 6.92 Å². The Hall–Kier alpha value is -1.88. The Morgan fingerprint density at radius 2 is 2.28 bits per heavy atom. The van der Waals surface area contributed by atoms with Crippen molar-refractivity contribution in [3.05, 3.63) is 29.7 Å². The van der Waals surface area contributed by atoms with Gasteiger partial charge in [-0.15, -0.1) is 0 Å². The van der Waals surface area contributed by atoms with Gasteiger partial charge in [-0.2, -0.15) is 0 Å². The van der Waals surface area contributed by atoms with Gasteiger partial charge in [0, 0.05) is 26.9 Å². The quantitative estimate of drug-likeness (QED) is 0.890. The lowest BCUT2D eigenvalue weighted by molar-refractivity contribution is -0.131. The number of rotatable bonds is 4. The monoisotopic (exact) mass is 248 g/mol. The molecule has 0 saturated carbocycles. The van der Waals surface area contributed by atoms with Gasteiger partial charge < -0.3 is 14.4 Å². The predicted molar refractivity (Wildman–Crippen MR) is 66.9 cm³/mol. The van der Waals surface area contributed by atoms with Crippen molar-refractivity contribution in [2.75, 3.05) is 13.7 Å². The average molecular weight is 248 g/mol. The summed E-state index contributed by atoms with van der Waals surface area (Å²) in [5.74, 6) is 0.556. The van der Waals surface area contributed by atoms with Crippen molar-refractivity contribution in [3.63, 3.8) is 0 Å². The number of aliphatic hydroxyl groups excluding tert-OH is 1. The highest BCUT2D eigenvalue weighted by Gasteiger charge is 2.09. The van der Waals surface area contributed by atoms with Crippen molar-refractivity contribution in [3.8, 4) is 0 Å². The summed E-state index contributed by atoms with van der Waals surface area (Å²) >= 11 is 0. The van der Waals surface area contributed by atoms with Gasteiger partial charge in [0.05, 0.1) is 6.61 Å². The number of aliphatic hydroxyl groups is 1. The van der Waals surface area contributed by atoms with Gasteiger partial charge in [0.15, 0.2) is 11.5 Å². The molecule has 0 aliphatic carbocycles. The molecule has 0 saturated heterocycles. The second-order valence-electron chi connectivity index (χ2n) is 4.26. The molecule has 1 aromatic carbocycles. The minimum atomic E-state index is -0.120. The molecular weight excluding hydrogens is 232 g/mol. The van der Waals surface area contributed by atoms with E-state index in [-0.39, 0.29) is 18.9 Å². The molecule has 1 amide bonds. The van der Waals surface area contributed by atoms with Gasteiger partial charge in [-0.1, -0.05) is 6.07 Å². The summed E-state index contributed by atoms with van der Waals surface area (Å²) in [6, 6.07) is 5.68. The molecule has 96 valence electrons. The number of oxazole rings is 1. The maximum absolute atomic E-state index is 11.5. The fourth-order valence-electron chi connectivity index (χ4n) is 1.84. The normalized spacial score (nSPS) is 10.8. The van der Waals surface area contributed by atoms with E-state index in [0.717, 1.165) is 16.7 Å². The third-order valence-corrected chi connectivity index (χ3v) is 2.73.